The highest BCUT2D eigenvalue weighted by atomic mass is 16.3. The molecule has 0 aliphatic heterocycles. The highest BCUT2D eigenvalue weighted by molar-refractivity contribution is 5.08. The Labute approximate surface area is 57.1 Å². The molecule has 0 atom stereocenters. The van der Waals surface area contributed by atoms with E-state index in [1.165, 1.54) is 0 Å². The van der Waals surface area contributed by atoms with E-state index in [-0.39, 0.29) is 12.0 Å². The lowest BCUT2D eigenvalue weighted by Crippen LogP contribution is -2.13. The molecule has 0 saturated carbocycles. The molecule has 52 valence electrons. The first kappa shape index (κ1) is 8.52. The fourth-order valence-corrected chi connectivity index (χ4v) is 0.367. The minimum Gasteiger partial charge on any atom is -0.395 e. The molecule has 0 fully saturated rings. The standard InChI is InChI=1S/C8H14O/c1-4-5-6-8(2,3)7-9/h9H,4,7H2,1-3H3. The molecule has 0 rings (SSSR count). The van der Waals surface area contributed by atoms with E-state index in [0.29, 0.717) is 0 Å². The van der Waals surface area contributed by atoms with E-state index >= 15 is 0 Å². The quantitative estimate of drug-likeness (QED) is 0.527. The summed E-state index contributed by atoms with van der Waals surface area (Å²) in [6.45, 7) is 5.99. The smallest absolute Gasteiger partial charge is 0.0591 e. The van der Waals surface area contributed by atoms with E-state index in [9.17, 15) is 0 Å². The fraction of sp³-hybridized carbons (Fsp3) is 0.750. The van der Waals surface area contributed by atoms with E-state index in [2.05, 4.69) is 11.8 Å². The zero-order chi connectivity index (χ0) is 7.33. The van der Waals surface area contributed by atoms with Gasteiger partial charge in [0.2, 0.25) is 0 Å². The summed E-state index contributed by atoms with van der Waals surface area (Å²) in [6, 6.07) is 0. The van der Waals surface area contributed by atoms with Crippen molar-refractivity contribution in [1.82, 2.24) is 0 Å². The number of aliphatic hydroxyl groups excluding tert-OH is 1. The Kier molecular flexibility index (Phi) is 3.34. The van der Waals surface area contributed by atoms with Gasteiger partial charge in [0, 0.05) is 11.8 Å². The Morgan fingerprint density at radius 3 is 2.33 bits per heavy atom. The summed E-state index contributed by atoms with van der Waals surface area (Å²) in [4.78, 5) is 0. The summed E-state index contributed by atoms with van der Waals surface area (Å²) in [7, 11) is 0. The van der Waals surface area contributed by atoms with Crippen LogP contribution >= 0.6 is 0 Å². The maximum absolute atomic E-state index is 8.72. The number of hydrogen-bond donors (Lipinski definition) is 1. The lowest BCUT2D eigenvalue weighted by atomic mass is 9.96. The van der Waals surface area contributed by atoms with Crippen LogP contribution in [-0.4, -0.2) is 11.7 Å². The highest BCUT2D eigenvalue weighted by Gasteiger charge is 2.10. The van der Waals surface area contributed by atoms with Crippen molar-refractivity contribution in [3.63, 3.8) is 0 Å². The number of hydrogen-bond acceptors (Lipinski definition) is 1. The summed E-state index contributed by atoms with van der Waals surface area (Å²) < 4.78 is 0. The third-order valence-electron chi connectivity index (χ3n) is 0.999. The second-order valence-corrected chi connectivity index (χ2v) is 2.70. The second kappa shape index (κ2) is 3.53. The van der Waals surface area contributed by atoms with Crippen LogP contribution in [0.5, 0.6) is 0 Å². The molecule has 9 heavy (non-hydrogen) atoms. The van der Waals surface area contributed by atoms with Crippen molar-refractivity contribution in [2.45, 2.75) is 27.2 Å². The van der Waals surface area contributed by atoms with Gasteiger partial charge in [0.15, 0.2) is 0 Å². The van der Waals surface area contributed by atoms with Crippen LogP contribution in [0.3, 0.4) is 0 Å². The van der Waals surface area contributed by atoms with Crippen LogP contribution in [0.4, 0.5) is 0 Å². The first-order chi connectivity index (χ1) is 4.12. The summed E-state index contributed by atoms with van der Waals surface area (Å²) >= 11 is 0. The van der Waals surface area contributed by atoms with Crippen molar-refractivity contribution in [3.8, 4) is 11.8 Å². The zero-order valence-corrected chi connectivity index (χ0v) is 6.36. The van der Waals surface area contributed by atoms with Crippen LogP contribution in [0.1, 0.15) is 27.2 Å². The Hall–Kier alpha value is -0.480. The normalized spacial score (nSPS) is 10.2. The van der Waals surface area contributed by atoms with Crippen LogP contribution in [-0.2, 0) is 0 Å². The molecule has 1 N–H and O–H groups in total. The van der Waals surface area contributed by atoms with E-state index in [1.54, 1.807) is 0 Å². The van der Waals surface area contributed by atoms with Gasteiger partial charge in [-0.1, -0.05) is 12.8 Å². The summed E-state index contributed by atoms with van der Waals surface area (Å²) in [5, 5.41) is 8.72. The molecule has 0 aliphatic carbocycles. The van der Waals surface area contributed by atoms with E-state index in [1.807, 2.05) is 20.8 Å². The molecule has 0 spiro atoms. The molecule has 0 aromatic rings. The van der Waals surface area contributed by atoms with E-state index in [4.69, 9.17) is 5.11 Å². The Morgan fingerprint density at radius 1 is 1.44 bits per heavy atom. The minimum absolute atomic E-state index is 0.139. The Morgan fingerprint density at radius 2 is 2.00 bits per heavy atom. The average Bonchev–Trinajstić information content (AvgIpc) is 1.84. The maximum atomic E-state index is 8.72. The third-order valence-corrected chi connectivity index (χ3v) is 0.999. The van der Waals surface area contributed by atoms with Crippen molar-refractivity contribution in [3.05, 3.63) is 0 Å². The predicted molar refractivity (Wildman–Crippen MR) is 38.9 cm³/mol. The molecule has 0 saturated heterocycles. The van der Waals surface area contributed by atoms with Gasteiger partial charge in [-0.15, -0.1) is 5.92 Å². The van der Waals surface area contributed by atoms with Crippen molar-refractivity contribution in [1.29, 1.82) is 0 Å². The van der Waals surface area contributed by atoms with Gasteiger partial charge in [-0.2, -0.15) is 0 Å². The molecule has 1 nitrogen and oxygen atoms in total. The lowest BCUT2D eigenvalue weighted by molar-refractivity contribution is 0.206. The van der Waals surface area contributed by atoms with E-state index < -0.39 is 0 Å². The van der Waals surface area contributed by atoms with Gasteiger partial charge in [-0.05, 0) is 13.8 Å². The topological polar surface area (TPSA) is 20.2 Å². The van der Waals surface area contributed by atoms with Crippen LogP contribution < -0.4 is 0 Å². The minimum atomic E-state index is -0.212. The molecule has 0 unspecified atom stereocenters. The highest BCUT2D eigenvalue weighted by Crippen LogP contribution is 2.10. The second-order valence-electron chi connectivity index (χ2n) is 2.70. The maximum Gasteiger partial charge on any atom is 0.0591 e. The number of aliphatic hydroxyl groups is 1. The molecule has 0 bridgehead atoms. The molecule has 0 aromatic heterocycles. The summed E-state index contributed by atoms with van der Waals surface area (Å²) in [5.41, 5.74) is -0.212. The Balaban J connectivity index is 3.84. The molecular weight excluding hydrogens is 112 g/mol. The van der Waals surface area contributed by atoms with Crippen LogP contribution in [0.2, 0.25) is 0 Å². The van der Waals surface area contributed by atoms with Crippen molar-refractivity contribution >= 4 is 0 Å². The van der Waals surface area contributed by atoms with Gasteiger partial charge in [0.1, 0.15) is 0 Å². The Bertz CT molecular complexity index is 125. The van der Waals surface area contributed by atoms with Crippen LogP contribution in [0.15, 0.2) is 0 Å². The van der Waals surface area contributed by atoms with Crippen LogP contribution in [0, 0.1) is 17.3 Å². The molecule has 0 aliphatic rings. The van der Waals surface area contributed by atoms with Crippen molar-refractivity contribution in [2.24, 2.45) is 5.41 Å². The summed E-state index contributed by atoms with van der Waals surface area (Å²) in [6.07, 6.45) is 0.865. The van der Waals surface area contributed by atoms with Gasteiger partial charge in [-0.3, -0.25) is 0 Å². The largest absolute Gasteiger partial charge is 0.395 e. The van der Waals surface area contributed by atoms with E-state index in [0.717, 1.165) is 6.42 Å². The first-order valence-corrected chi connectivity index (χ1v) is 3.23. The first-order valence-electron chi connectivity index (χ1n) is 3.23. The van der Waals surface area contributed by atoms with Crippen molar-refractivity contribution in [2.75, 3.05) is 6.61 Å². The molecule has 0 aromatic carbocycles. The molecule has 0 heterocycles. The van der Waals surface area contributed by atoms with Gasteiger partial charge in [0.05, 0.1) is 6.61 Å². The van der Waals surface area contributed by atoms with Gasteiger partial charge in [-0.25, -0.2) is 0 Å². The van der Waals surface area contributed by atoms with Gasteiger partial charge >= 0.3 is 0 Å². The predicted octanol–water partition coefficient (Wildman–Crippen LogP) is 1.42. The average molecular weight is 126 g/mol. The monoisotopic (exact) mass is 126 g/mol. The molecular formula is C8H14O. The SMILES string of the molecule is CCC#CC(C)(C)CO. The van der Waals surface area contributed by atoms with Crippen LogP contribution in [0.25, 0.3) is 0 Å². The number of rotatable bonds is 1. The molecule has 0 amide bonds. The van der Waals surface area contributed by atoms with Gasteiger partial charge in [0.25, 0.3) is 0 Å². The van der Waals surface area contributed by atoms with Crippen molar-refractivity contribution < 1.29 is 5.11 Å². The molecule has 1 heteroatoms. The lowest BCUT2D eigenvalue weighted by Gasteiger charge is -2.11. The van der Waals surface area contributed by atoms with Gasteiger partial charge < -0.3 is 5.11 Å². The third kappa shape index (κ3) is 4.05. The summed E-state index contributed by atoms with van der Waals surface area (Å²) in [5.74, 6) is 5.89. The zero-order valence-electron chi connectivity index (χ0n) is 6.36. The fourth-order valence-electron chi connectivity index (χ4n) is 0.367. The molecule has 0 radical (unpaired) electrons.